The van der Waals surface area contributed by atoms with Crippen LogP contribution < -0.4 is 0 Å². The molecule has 0 aromatic rings. The molecule has 0 bridgehead atoms. The fourth-order valence-electron chi connectivity index (χ4n) is 0.376. The van der Waals surface area contributed by atoms with Crippen LogP contribution in [0.5, 0.6) is 0 Å². The zero-order chi connectivity index (χ0) is 8.85. The van der Waals surface area contributed by atoms with E-state index in [1.54, 1.807) is 13.8 Å². The summed E-state index contributed by atoms with van der Waals surface area (Å²) in [6, 6.07) is 0. The van der Waals surface area contributed by atoms with Crippen LogP contribution in [0, 0.1) is 0 Å². The van der Waals surface area contributed by atoms with Crippen LogP contribution in [0.3, 0.4) is 0 Å². The maximum atomic E-state index is 12.6. The predicted molar refractivity (Wildman–Crippen MR) is 40.6 cm³/mol. The lowest BCUT2D eigenvalue weighted by Crippen LogP contribution is -1.93. The molecule has 0 rings (SSSR count). The highest BCUT2D eigenvalue weighted by Crippen LogP contribution is 2.05. The van der Waals surface area contributed by atoms with Crippen LogP contribution in [0.4, 0.5) is 4.39 Å². The van der Waals surface area contributed by atoms with Crippen LogP contribution in [0.15, 0.2) is 23.6 Å². The normalized spacial score (nSPS) is 9.82. The minimum atomic E-state index is -0.554. The summed E-state index contributed by atoms with van der Waals surface area (Å²) in [4.78, 5) is 10.4. The van der Waals surface area contributed by atoms with Gasteiger partial charge in [-0.3, -0.25) is 0 Å². The molecule has 0 atom stereocenters. The maximum absolute atomic E-state index is 12.6. The summed E-state index contributed by atoms with van der Waals surface area (Å²) in [5.41, 5.74) is 0.533. The van der Waals surface area contributed by atoms with Gasteiger partial charge in [-0.05, 0) is 25.5 Å². The second-order valence-electron chi connectivity index (χ2n) is 2.20. The smallest absolute Gasteiger partial charge is 0.330 e. The van der Waals surface area contributed by atoms with Gasteiger partial charge in [-0.1, -0.05) is 0 Å². The van der Waals surface area contributed by atoms with Gasteiger partial charge in [0, 0.05) is 6.08 Å². The molecule has 0 unspecified atom stereocenters. The Bertz CT molecular complexity index is 200. The zero-order valence-electron chi connectivity index (χ0n) is 6.85. The third kappa shape index (κ3) is 4.31. The summed E-state index contributed by atoms with van der Waals surface area (Å²) < 4.78 is 16.9. The summed E-state index contributed by atoms with van der Waals surface area (Å²) in [6.45, 7) is 3.24. The Morgan fingerprint density at radius 1 is 1.36 bits per heavy atom. The highest BCUT2D eigenvalue weighted by Gasteiger charge is 1.93. The molecule has 0 aliphatic heterocycles. The van der Waals surface area contributed by atoms with Gasteiger partial charge < -0.3 is 4.74 Å². The molecule has 0 saturated heterocycles. The molecule has 0 amide bonds. The summed E-state index contributed by atoms with van der Waals surface area (Å²) >= 11 is 0. The van der Waals surface area contributed by atoms with Crippen molar-refractivity contribution in [2.75, 3.05) is 7.11 Å². The van der Waals surface area contributed by atoms with Crippen molar-refractivity contribution in [3.8, 4) is 0 Å². The Labute approximate surface area is 65.4 Å². The molecule has 0 heterocycles. The Balaban J connectivity index is 4.15. The average molecular weight is 158 g/mol. The first kappa shape index (κ1) is 9.88. The van der Waals surface area contributed by atoms with Gasteiger partial charge in [0.15, 0.2) is 0 Å². The van der Waals surface area contributed by atoms with E-state index < -0.39 is 11.8 Å². The van der Waals surface area contributed by atoms with E-state index in [1.807, 2.05) is 0 Å². The van der Waals surface area contributed by atoms with Gasteiger partial charge in [-0.15, -0.1) is 0 Å². The second-order valence-corrected chi connectivity index (χ2v) is 2.20. The number of rotatable bonds is 2. The lowest BCUT2D eigenvalue weighted by atomic mass is 10.3. The SMILES string of the molecule is COC(=O)/C=C/C(F)=C(C)C. The minimum absolute atomic E-state index is 0.407. The van der Waals surface area contributed by atoms with Crippen molar-refractivity contribution in [3.05, 3.63) is 23.6 Å². The maximum Gasteiger partial charge on any atom is 0.330 e. The lowest BCUT2D eigenvalue weighted by molar-refractivity contribution is -0.134. The molecule has 0 N–H and O–H groups in total. The lowest BCUT2D eigenvalue weighted by Gasteiger charge is -1.90. The molecule has 3 heteroatoms. The molecule has 0 aromatic heterocycles. The third-order valence-corrected chi connectivity index (χ3v) is 1.04. The predicted octanol–water partition coefficient (Wildman–Crippen LogP) is 1.98. The number of methoxy groups -OCH3 is 1. The van der Waals surface area contributed by atoms with Gasteiger partial charge in [-0.2, -0.15) is 0 Å². The zero-order valence-corrected chi connectivity index (χ0v) is 6.85. The van der Waals surface area contributed by atoms with Gasteiger partial charge in [-0.25, -0.2) is 9.18 Å². The molecule has 0 saturated carbocycles. The molecule has 11 heavy (non-hydrogen) atoms. The van der Waals surface area contributed by atoms with Gasteiger partial charge in [0.2, 0.25) is 0 Å². The van der Waals surface area contributed by atoms with Crippen LogP contribution in [-0.2, 0) is 9.53 Å². The van der Waals surface area contributed by atoms with Crippen LogP contribution in [0.2, 0.25) is 0 Å². The Hall–Kier alpha value is -1.12. The molecule has 0 radical (unpaired) electrons. The van der Waals surface area contributed by atoms with Gasteiger partial charge >= 0.3 is 5.97 Å². The van der Waals surface area contributed by atoms with E-state index in [4.69, 9.17) is 0 Å². The first-order valence-electron chi connectivity index (χ1n) is 3.17. The number of hydrogen-bond acceptors (Lipinski definition) is 2. The fourth-order valence-corrected chi connectivity index (χ4v) is 0.376. The molecule has 62 valence electrons. The standard InChI is InChI=1S/C8H11FO2/c1-6(2)7(9)4-5-8(10)11-3/h4-5H,1-3H3/b5-4+. The Morgan fingerprint density at radius 3 is 2.27 bits per heavy atom. The molecule has 0 aromatic carbocycles. The molecular weight excluding hydrogens is 147 g/mol. The number of esters is 1. The van der Waals surface area contributed by atoms with Gasteiger partial charge in [0.05, 0.1) is 7.11 Å². The molecule has 0 spiro atoms. The molecule has 0 aliphatic carbocycles. The van der Waals surface area contributed by atoms with Crippen LogP contribution in [0.1, 0.15) is 13.8 Å². The molecular formula is C8H11FO2. The first-order valence-corrected chi connectivity index (χ1v) is 3.17. The number of carbonyl (C=O) groups is 1. The quantitative estimate of drug-likeness (QED) is 0.349. The van der Waals surface area contributed by atoms with Crippen molar-refractivity contribution >= 4 is 5.97 Å². The Morgan fingerprint density at radius 2 is 1.91 bits per heavy atom. The van der Waals surface area contributed by atoms with Crippen molar-refractivity contribution in [2.24, 2.45) is 0 Å². The monoisotopic (exact) mass is 158 g/mol. The number of hydrogen-bond donors (Lipinski definition) is 0. The minimum Gasteiger partial charge on any atom is -0.466 e. The van der Waals surface area contributed by atoms with E-state index in [9.17, 15) is 9.18 Å². The topological polar surface area (TPSA) is 26.3 Å². The fraction of sp³-hybridized carbons (Fsp3) is 0.375. The Kier molecular flexibility index (Phi) is 4.18. The number of ether oxygens (including phenoxy) is 1. The first-order chi connectivity index (χ1) is 5.07. The summed E-state index contributed by atoms with van der Waals surface area (Å²) in [5.74, 6) is -0.961. The number of halogens is 1. The van der Waals surface area contributed by atoms with Crippen molar-refractivity contribution in [1.29, 1.82) is 0 Å². The van der Waals surface area contributed by atoms with Gasteiger partial charge in [0.1, 0.15) is 5.83 Å². The van der Waals surface area contributed by atoms with Crippen LogP contribution >= 0.6 is 0 Å². The molecule has 0 aliphatic rings. The van der Waals surface area contributed by atoms with E-state index in [0.29, 0.717) is 5.57 Å². The van der Waals surface area contributed by atoms with E-state index in [1.165, 1.54) is 7.11 Å². The average Bonchev–Trinajstić information content (AvgIpc) is 1.99. The highest BCUT2D eigenvalue weighted by molar-refractivity contribution is 5.82. The summed E-state index contributed by atoms with van der Waals surface area (Å²) in [7, 11) is 1.24. The van der Waals surface area contributed by atoms with Crippen molar-refractivity contribution < 1.29 is 13.9 Å². The number of allylic oxidation sites excluding steroid dienone is 3. The number of carbonyl (C=O) groups excluding carboxylic acids is 1. The van der Waals surface area contributed by atoms with Crippen molar-refractivity contribution in [1.82, 2.24) is 0 Å². The second kappa shape index (κ2) is 4.66. The van der Waals surface area contributed by atoms with E-state index in [-0.39, 0.29) is 0 Å². The summed E-state index contributed by atoms with van der Waals surface area (Å²) in [6.07, 6.45) is 2.13. The molecule has 2 nitrogen and oxygen atoms in total. The van der Waals surface area contributed by atoms with Crippen LogP contribution in [-0.4, -0.2) is 13.1 Å². The largest absolute Gasteiger partial charge is 0.466 e. The van der Waals surface area contributed by atoms with E-state index in [0.717, 1.165) is 12.2 Å². The molecule has 0 fully saturated rings. The van der Waals surface area contributed by atoms with E-state index >= 15 is 0 Å². The van der Waals surface area contributed by atoms with E-state index in [2.05, 4.69) is 4.74 Å². The summed E-state index contributed by atoms with van der Waals surface area (Å²) in [5, 5.41) is 0. The van der Waals surface area contributed by atoms with Crippen molar-refractivity contribution in [2.45, 2.75) is 13.8 Å². The van der Waals surface area contributed by atoms with Gasteiger partial charge in [0.25, 0.3) is 0 Å². The van der Waals surface area contributed by atoms with Crippen LogP contribution in [0.25, 0.3) is 0 Å². The highest BCUT2D eigenvalue weighted by atomic mass is 19.1. The third-order valence-electron chi connectivity index (χ3n) is 1.04. The van der Waals surface area contributed by atoms with Crippen molar-refractivity contribution in [3.63, 3.8) is 0 Å².